The normalized spacial score (nSPS) is 11.1. The summed E-state index contributed by atoms with van der Waals surface area (Å²) in [6.07, 6.45) is 0.626. The first-order chi connectivity index (χ1) is 5.75. The Morgan fingerprint density at radius 2 is 1.62 bits per heavy atom. The fourth-order valence-corrected chi connectivity index (χ4v) is 0.815. The maximum atomic E-state index is 11.4. The van der Waals surface area contributed by atoms with Gasteiger partial charge in [-0.15, -0.1) is 0 Å². The summed E-state index contributed by atoms with van der Waals surface area (Å²) in [5.74, 6) is 0.111. The van der Waals surface area contributed by atoms with E-state index >= 15 is 0 Å². The van der Waals surface area contributed by atoms with Crippen LogP contribution < -0.4 is 0 Å². The van der Waals surface area contributed by atoms with E-state index in [4.69, 9.17) is 0 Å². The average Bonchev–Trinajstić information content (AvgIpc) is 1.97. The van der Waals surface area contributed by atoms with Crippen LogP contribution in [0.5, 0.6) is 0 Å². The molecule has 0 N–H and O–H groups in total. The summed E-state index contributed by atoms with van der Waals surface area (Å²) in [6, 6.07) is 0. The van der Waals surface area contributed by atoms with Gasteiger partial charge in [0.15, 0.2) is 5.78 Å². The summed E-state index contributed by atoms with van der Waals surface area (Å²) < 4.78 is 0. The number of hydrogen-bond acceptors (Lipinski definition) is 2. The van der Waals surface area contributed by atoms with Gasteiger partial charge in [0.2, 0.25) is 0 Å². The van der Waals surface area contributed by atoms with Crippen molar-refractivity contribution in [3.63, 3.8) is 0 Å². The third kappa shape index (κ3) is 4.61. The van der Waals surface area contributed by atoms with Crippen LogP contribution in [0.3, 0.4) is 0 Å². The Labute approximate surface area is 80.0 Å². The standard InChI is InChI=1S/C11H18O2/c1-8(2)9(12)6-7-10(13)11(3,4)5/h1,6-7H2,2-5H3. The lowest BCUT2D eigenvalue weighted by Gasteiger charge is -2.15. The number of rotatable bonds is 4. The average molecular weight is 182 g/mol. The highest BCUT2D eigenvalue weighted by Gasteiger charge is 2.21. The van der Waals surface area contributed by atoms with Gasteiger partial charge in [0.05, 0.1) is 0 Å². The molecule has 0 bridgehead atoms. The molecule has 0 spiro atoms. The quantitative estimate of drug-likeness (QED) is 0.626. The number of allylic oxidation sites excluding steroid dienone is 1. The summed E-state index contributed by atoms with van der Waals surface area (Å²) in [4.78, 5) is 22.5. The van der Waals surface area contributed by atoms with Gasteiger partial charge >= 0.3 is 0 Å². The van der Waals surface area contributed by atoms with Crippen LogP contribution in [0, 0.1) is 5.41 Å². The zero-order chi connectivity index (χ0) is 10.6. The van der Waals surface area contributed by atoms with E-state index in [2.05, 4.69) is 6.58 Å². The van der Waals surface area contributed by atoms with Gasteiger partial charge in [-0.25, -0.2) is 0 Å². The van der Waals surface area contributed by atoms with Gasteiger partial charge in [-0.3, -0.25) is 9.59 Å². The SMILES string of the molecule is C=C(C)C(=O)CCC(=O)C(C)(C)C. The Hall–Kier alpha value is -0.920. The summed E-state index contributed by atoms with van der Waals surface area (Å²) in [5, 5.41) is 0. The number of hydrogen-bond donors (Lipinski definition) is 0. The smallest absolute Gasteiger partial charge is 0.158 e. The lowest BCUT2D eigenvalue weighted by Crippen LogP contribution is -2.20. The predicted octanol–water partition coefficient (Wildman–Crippen LogP) is 2.53. The highest BCUT2D eigenvalue weighted by molar-refractivity contribution is 5.97. The highest BCUT2D eigenvalue weighted by atomic mass is 16.1. The van der Waals surface area contributed by atoms with Crippen molar-refractivity contribution in [3.8, 4) is 0 Å². The van der Waals surface area contributed by atoms with Crippen molar-refractivity contribution in [3.05, 3.63) is 12.2 Å². The van der Waals surface area contributed by atoms with Crippen molar-refractivity contribution in [2.45, 2.75) is 40.5 Å². The molecule has 0 aromatic carbocycles. The molecule has 0 unspecified atom stereocenters. The molecule has 74 valence electrons. The second-order valence-corrected chi connectivity index (χ2v) is 4.38. The van der Waals surface area contributed by atoms with E-state index in [1.807, 2.05) is 20.8 Å². The summed E-state index contributed by atoms with van der Waals surface area (Å²) >= 11 is 0. The van der Waals surface area contributed by atoms with Crippen molar-refractivity contribution in [1.29, 1.82) is 0 Å². The van der Waals surface area contributed by atoms with Crippen LogP contribution in [0.25, 0.3) is 0 Å². The second kappa shape index (κ2) is 4.35. The zero-order valence-electron chi connectivity index (χ0n) is 8.94. The Bertz CT molecular complexity index is 231. The lowest BCUT2D eigenvalue weighted by molar-refractivity contribution is -0.128. The Morgan fingerprint density at radius 3 is 1.92 bits per heavy atom. The molecule has 0 saturated heterocycles. The first-order valence-electron chi connectivity index (χ1n) is 4.47. The van der Waals surface area contributed by atoms with Gasteiger partial charge in [-0.05, 0) is 12.5 Å². The minimum atomic E-state index is -0.338. The van der Waals surface area contributed by atoms with Crippen LogP contribution in [0.2, 0.25) is 0 Å². The number of Topliss-reactive ketones (excluding diaryl/α,β-unsaturated/α-hetero) is 2. The van der Waals surface area contributed by atoms with Crippen LogP contribution in [0.15, 0.2) is 12.2 Å². The third-order valence-corrected chi connectivity index (χ3v) is 1.89. The van der Waals surface area contributed by atoms with E-state index in [1.54, 1.807) is 6.92 Å². The number of ketones is 2. The van der Waals surface area contributed by atoms with E-state index < -0.39 is 0 Å². The van der Waals surface area contributed by atoms with Crippen molar-refractivity contribution in [2.75, 3.05) is 0 Å². The van der Waals surface area contributed by atoms with Crippen molar-refractivity contribution in [2.24, 2.45) is 5.41 Å². The van der Waals surface area contributed by atoms with Gasteiger partial charge in [-0.2, -0.15) is 0 Å². The van der Waals surface area contributed by atoms with Gasteiger partial charge in [-0.1, -0.05) is 27.4 Å². The molecule has 0 heterocycles. The van der Waals surface area contributed by atoms with Gasteiger partial charge in [0.1, 0.15) is 5.78 Å². The minimum Gasteiger partial charge on any atom is -0.299 e. The molecule has 0 fully saturated rings. The minimum absolute atomic E-state index is 0.0161. The maximum absolute atomic E-state index is 11.4. The van der Waals surface area contributed by atoms with Crippen molar-refractivity contribution in [1.82, 2.24) is 0 Å². The first-order valence-corrected chi connectivity index (χ1v) is 4.47. The van der Waals surface area contributed by atoms with Crippen molar-refractivity contribution >= 4 is 11.6 Å². The van der Waals surface area contributed by atoms with E-state index in [0.29, 0.717) is 18.4 Å². The topological polar surface area (TPSA) is 34.1 Å². The molecule has 0 amide bonds. The molecule has 0 atom stereocenters. The van der Waals surface area contributed by atoms with Gasteiger partial charge < -0.3 is 0 Å². The number of carbonyl (C=O) groups excluding carboxylic acids is 2. The Morgan fingerprint density at radius 1 is 1.15 bits per heavy atom. The first kappa shape index (κ1) is 12.1. The molecule has 0 rings (SSSR count). The van der Waals surface area contributed by atoms with Crippen molar-refractivity contribution < 1.29 is 9.59 Å². The molecule has 0 radical (unpaired) electrons. The number of carbonyl (C=O) groups is 2. The largest absolute Gasteiger partial charge is 0.299 e. The summed E-state index contributed by atoms with van der Waals surface area (Å²) in [7, 11) is 0. The molecule has 0 aromatic rings. The van der Waals surface area contributed by atoms with Gasteiger partial charge in [0, 0.05) is 18.3 Å². The van der Waals surface area contributed by atoms with E-state index in [9.17, 15) is 9.59 Å². The van der Waals surface area contributed by atoms with E-state index in [1.165, 1.54) is 0 Å². The molecular formula is C11H18O2. The van der Waals surface area contributed by atoms with Gasteiger partial charge in [0.25, 0.3) is 0 Å². The molecule has 2 nitrogen and oxygen atoms in total. The molecule has 0 aliphatic carbocycles. The molecule has 0 aromatic heterocycles. The fourth-order valence-electron chi connectivity index (χ4n) is 0.815. The van der Waals surface area contributed by atoms with Crippen LogP contribution in [-0.2, 0) is 9.59 Å². The fraction of sp³-hybridized carbons (Fsp3) is 0.636. The molecule has 0 saturated carbocycles. The Kier molecular flexibility index (Phi) is 4.05. The van der Waals surface area contributed by atoms with Crippen LogP contribution in [0.1, 0.15) is 40.5 Å². The van der Waals surface area contributed by atoms with Crippen LogP contribution >= 0.6 is 0 Å². The zero-order valence-corrected chi connectivity index (χ0v) is 8.94. The van der Waals surface area contributed by atoms with Crippen LogP contribution in [-0.4, -0.2) is 11.6 Å². The van der Waals surface area contributed by atoms with E-state index in [-0.39, 0.29) is 17.0 Å². The second-order valence-electron chi connectivity index (χ2n) is 4.38. The third-order valence-electron chi connectivity index (χ3n) is 1.89. The Balaban J connectivity index is 3.99. The molecule has 0 aliphatic heterocycles. The predicted molar refractivity (Wildman–Crippen MR) is 53.5 cm³/mol. The molecule has 2 heteroatoms. The molecule has 13 heavy (non-hydrogen) atoms. The highest BCUT2D eigenvalue weighted by Crippen LogP contribution is 2.18. The monoisotopic (exact) mass is 182 g/mol. The summed E-state index contributed by atoms with van der Waals surface area (Å²) in [5.41, 5.74) is 0.191. The molecular weight excluding hydrogens is 164 g/mol. The van der Waals surface area contributed by atoms with E-state index in [0.717, 1.165) is 0 Å². The van der Waals surface area contributed by atoms with Crippen LogP contribution in [0.4, 0.5) is 0 Å². The molecule has 0 aliphatic rings. The lowest BCUT2D eigenvalue weighted by atomic mass is 9.87. The maximum Gasteiger partial charge on any atom is 0.158 e. The summed E-state index contributed by atoms with van der Waals surface area (Å²) in [6.45, 7) is 10.8.